The van der Waals surface area contributed by atoms with Crippen molar-refractivity contribution in [3.8, 4) is 0 Å². The van der Waals surface area contributed by atoms with Gasteiger partial charge in [-0.05, 0) is 5.39 Å². The molecule has 84 valence electrons. The van der Waals surface area contributed by atoms with Gasteiger partial charge in [0.2, 0.25) is 0 Å². The van der Waals surface area contributed by atoms with Crippen molar-refractivity contribution >= 4 is 22.4 Å². The fraction of sp³-hybridized carbons (Fsp3) is 0.143. The van der Waals surface area contributed by atoms with Crippen LogP contribution in [0.3, 0.4) is 0 Å². The zero-order valence-corrected chi connectivity index (χ0v) is 9.86. The van der Waals surface area contributed by atoms with Crippen LogP contribution in [0.25, 0.3) is 10.8 Å². The van der Waals surface area contributed by atoms with Crippen LogP contribution in [0.4, 0.5) is 0 Å². The van der Waals surface area contributed by atoms with Crippen molar-refractivity contribution in [1.29, 1.82) is 0 Å². The smallest absolute Gasteiger partial charge is 0.134 e. The number of nitrogens with zero attached hydrogens (tertiary/aromatic N) is 2. The summed E-state index contributed by atoms with van der Waals surface area (Å²) in [6.45, 7) is 0. The van der Waals surface area contributed by atoms with E-state index >= 15 is 0 Å². The van der Waals surface area contributed by atoms with Gasteiger partial charge in [-0.3, -0.25) is 9.98 Å². The Morgan fingerprint density at radius 2 is 1.35 bits per heavy atom. The predicted molar refractivity (Wildman–Crippen MR) is 72.0 cm³/mol. The van der Waals surface area contributed by atoms with Crippen molar-refractivity contribution in [1.82, 2.24) is 5.32 Å². The van der Waals surface area contributed by atoms with E-state index in [9.17, 15) is 0 Å². The van der Waals surface area contributed by atoms with Gasteiger partial charge in [0.25, 0.3) is 0 Å². The summed E-state index contributed by atoms with van der Waals surface area (Å²) >= 11 is 0. The van der Waals surface area contributed by atoms with Crippen molar-refractivity contribution < 1.29 is 0 Å². The molecule has 0 bridgehead atoms. The summed E-state index contributed by atoms with van der Waals surface area (Å²) in [6.07, 6.45) is 0. The van der Waals surface area contributed by atoms with Gasteiger partial charge in [-0.25, -0.2) is 0 Å². The van der Waals surface area contributed by atoms with Gasteiger partial charge in [-0.1, -0.05) is 36.4 Å². The second kappa shape index (κ2) is 3.70. The highest BCUT2D eigenvalue weighted by Crippen LogP contribution is 2.26. The van der Waals surface area contributed by atoms with Crippen molar-refractivity contribution in [3.05, 3.63) is 47.5 Å². The van der Waals surface area contributed by atoms with Crippen LogP contribution in [-0.2, 0) is 0 Å². The molecule has 3 heteroatoms. The lowest BCUT2D eigenvalue weighted by Crippen LogP contribution is -2.36. The quantitative estimate of drug-likeness (QED) is 0.730. The molecule has 1 N–H and O–H groups in total. The highest BCUT2D eigenvalue weighted by Gasteiger charge is 2.20. The van der Waals surface area contributed by atoms with Gasteiger partial charge in [0.1, 0.15) is 11.7 Å². The predicted octanol–water partition coefficient (Wildman–Crippen LogP) is 2.20. The van der Waals surface area contributed by atoms with Crippen molar-refractivity contribution in [3.63, 3.8) is 0 Å². The fourth-order valence-corrected chi connectivity index (χ4v) is 2.34. The molecule has 0 atom stereocenters. The molecular formula is C14H13N3. The molecule has 0 fully saturated rings. The lowest BCUT2D eigenvalue weighted by Gasteiger charge is -2.21. The van der Waals surface area contributed by atoms with Gasteiger partial charge in [0.15, 0.2) is 0 Å². The summed E-state index contributed by atoms with van der Waals surface area (Å²) in [5.41, 5.74) is 2.29. The second-order valence-electron chi connectivity index (χ2n) is 3.98. The molecule has 0 saturated heterocycles. The average Bonchev–Trinajstić information content (AvgIpc) is 2.40. The van der Waals surface area contributed by atoms with E-state index in [1.165, 1.54) is 10.8 Å². The summed E-state index contributed by atoms with van der Waals surface area (Å²) in [7, 11) is 3.59. The molecule has 0 spiro atoms. The van der Waals surface area contributed by atoms with E-state index in [2.05, 4.69) is 51.7 Å². The Balaban J connectivity index is 2.50. The van der Waals surface area contributed by atoms with Gasteiger partial charge in [0.05, 0.1) is 0 Å². The minimum absolute atomic E-state index is 0.884. The maximum absolute atomic E-state index is 4.29. The van der Waals surface area contributed by atoms with Gasteiger partial charge >= 0.3 is 0 Å². The van der Waals surface area contributed by atoms with E-state index < -0.39 is 0 Å². The Kier molecular flexibility index (Phi) is 2.18. The summed E-state index contributed by atoms with van der Waals surface area (Å²) in [5.74, 6) is 1.77. The third-order valence-electron chi connectivity index (χ3n) is 3.10. The SMILES string of the molecule is C/N=C1\N/C(=N\C)c2cccc3cccc1c23. The van der Waals surface area contributed by atoms with Crippen molar-refractivity contribution in [2.75, 3.05) is 14.1 Å². The fourth-order valence-electron chi connectivity index (χ4n) is 2.34. The first-order valence-electron chi connectivity index (χ1n) is 5.58. The standard InChI is InChI=1S/C14H13N3/c1-15-13-10-7-3-5-9-6-4-8-11(12(9)10)14(16-2)17-13/h3-8H,1-2H3,(H,15,16,17). The van der Waals surface area contributed by atoms with Crippen molar-refractivity contribution in [2.24, 2.45) is 9.98 Å². The molecule has 0 saturated carbocycles. The van der Waals surface area contributed by atoms with Crippen LogP contribution in [0.15, 0.2) is 46.4 Å². The zero-order valence-electron chi connectivity index (χ0n) is 9.86. The molecule has 2 aromatic rings. The van der Waals surface area contributed by atoms with Crippen LogP contribution < -0.4 is 5.32 Å². The lowest BCUT2D eigenvalue weighted by atomic mass is 9.95. The molecule has 3 rings (SSSR count). The molecule has 0 amide bonds. The van der Waals surface area contributed by atoms with Crippen LogP contribution in [0.1, 0.15) is 11.1 Å². The van der Waals surface area contributed by atoms with E-state index in [4.69, 9.17) is 0 Å². The zero-order chi connectivity index (χ0) is 11.8. The number of nitrogens with one attached hydrogen (secondary N) is 1. The number of benzene rings is 2. The Labute approximate surface area is 99.9 Å². The molecule has 3 nitrogen and oxygen atoms in total. The molecule has 1 heterocycles. The Morgan fingerprint density at radius 3 is 1.82 bits per heavy atom. The Morgan fingerprint density at radius 1 is 0.824 bits per heavy atom. The van der Waals surface area contributed by atoms with Gasteiger partial charge < -0.3 is 5.32 Å². The molecule has 0 unspecified atom stereocenters. The lowest BCUT2D eigenvalue weighted by molar-refractivity contribution is 1.23. The highest BCUT2D eigenvalue weighted by atomic mass is 15.1. The number of rotatable bonds is 0. The Bertz CT molecular complexity index is 601. The molecule has 1 aliphatic heterocycles. The van der Waals surface area contributed by atoms with Crippen LogP contribution in [-0.4, -0.2) is 25.8 Å². The highest BCUT2D eigenvalue weighted by molar-refractivity contribution is 6.28. The summed E-state index contributed by atoms with van der Waals surface area (Å²) in [6, 6.07) is 12.5. The molecule has 0 aromatic heterocycles. The Hall–Kier alpha value is -2.16. The summed E-state index contributed by atoms with van der Waals surface area (Å²) in [4.78, 5) is 8.59. The molecule has 17 heavy (non-hydrogen) atoms. The molecular weight excluding hydrogens is 210 g/mol. The van der Waals surface area contributed by atoms with Gasteiger partial charge in [-0.2, -0.15) is 0 Å². The third-order valence-corrected chi connectivity index (χ3v) is 3.10. The number of hydrogen-bond acceptors (Lipinski definition) is 2. The first-order chi connectivity index (χ1) is 8.35. The van der Waals surface area contributed by atoms with Gasteiger partial charge in [0, 0.05) is 30.6 Å². The monoisotopic (exact) mass is 223 g/mol. The van der Waals surface area contributed by atoms with Crippen LogP contribution in [0.5, 0.6) is 0 Å². The van der Waals surface area contributed by atoms with Crippen LogP contribution >= 0.6 is 0 Å². The molecule has 1 aliphatic rings. The van der Waals surface area contributed by atoms with Crippen LogP contribution in [0.2, 0.25) is 0 Å². The van der Waals surface area contributed by atoms with E-state index in [0.717, 1.165) is 22.8 Å². The summed E-state index contributed by atoms with van der Waals surface area (Å²) in [5, 5.41) is 5.73. The molecule has 0 aliphatic carbocycles. The van der Waals surface area contributed by atoms with Crippen LogP contribution in [0, 0.1) is 0 Å². The summed E-state index contributed by atoms with van der Waals surface area (Å²) < 4.78 is 0. The molecule has 2 aromatic carbocycles. The second-order valence-corrected chi connectivity index (χ2v) is 3.98. The number of amidine groups is 2. The van der Waals surface area contributed by atoms with E-state index in [1.54, 1.807) is 14.1 Å². The largest absolute Gasteiger partial charge is 0.325 e. The minimum Gasteiger partial charge on any atom is -0.325 e. The molecule has 0 radical (unpaired) electrons. The van der Waals surface area contributed by atoms with E-state index in [1.807, 2.05) is 0 Å². The number of aliphatic imine (C=N–C) groups is 2. The van der Waals surface area contributed by atoms with Gasteiger partial charge in [-0.15, -0.1) is 0 Å². The first-order valence-corrected chi connectivity index (χ1v) is 5.58. The normalized spacial score (nSPS) is 18.7. The minimum atomic E-state index is 0.884. The van der Waals surface area contributed by atoms with E-state index in [-0.39, 0.29) is 0 Å². The third kappa shape index (κ3) is 1.35. The van der Waals surface area contributed by atoms with Crippen molar-refractivity contribution in [2.45, 2.75) is 0 Å². The maximum Gasteiger partial charge on any atom is 0.134 e. The number of hydrogen-bond donors (Lipinski definition) is 1. The maximum atomic E-state index is 4.29. The first kappa shape index (κ1) is 10.0. The average molecular weight is 223 g/mol. The topological polar surface area (TPSA) is 36.8 Å². The van der Waals surface area contributed by atoms with E-state index in [0.29, 0.717) is 0 Å².